The molecule has 0 aliphatic heterocycles. The van der Waals surface area contributed by atoms with Gasteiger partial charge in [-0.2, -0.15) is 0 Å². The van der Waals surface area contributed by atoms with Crippen molar-refractivity contribution in [2.24, 2.45) is 9.98 Å². The monoisotopic (exact) mass is 1020 g/mol. The number of aliphatic imine (C=N–C) groups is 2. The van der Waals surface area contributed by atoms with Crippen LogP contribution < -0.4 is 0 Å². The molecular weight excluding hydrogens is 973 g/mol. The lowest BCUT2D eigenvalue weighted by molar-refractivity contribution is 0.669. The van der Waals surface area contributed by atoms with Crippen LogP contribution in [0.4, 0.5) is 0 Å². The summed E-state index contributed by atoms with van der Waals surface area (Å²) in [5.41, 5.74) is 12.2. The average molecular weight is 1030 g/mol. The van der Waals surface area contributed by atoms with E-state index in [4.69, 9.17) is 14.8 Å². The first-order valence-electron chi connectivity index (χ1n) is 25.5. The van der Waals surface area contributed by atoms with E-state index in [-0.39, 0.29) is 5.84 Å². The number of benzene rings is 9. The molecule has 9 aromatic carbocycles. The highest BCUT2D eigenvalue weighted by Gasteiger charge is 2.20. The molecule has 5 heterocycles. The maximum Gasteiger partial charge on any atom is 0.151 e. The Hall–Kier alpha value is -8.27. The summed E-state index contributed by atoms with van der Waals surface area (Å²) in [7, 11) is 0. The zero-order valence-electron chi connectivity index (χ0n) is 42.1. The van der Waals surface area contributed by atoms with E-state index in [9.17, 15) is 0 Å². The van der Waals surface area contributed by atoms with E-state index in [1.165, 1.54) is 105 Å². The third-order valence-electron chi connectivity index (χ3n) is 14.0. The van der Waals surface area contributed by atoms with E-state index in [1.807, 2.05) is 54.9 Å². The van der Waals surface area contributed by atoms with E-state index in [2.05, 4.69) is 212 Å². The molecule has 0 aliphatic rings. The molecule has 8 heteroatoms. The van der Waals surface area contributed by atoms with Gasteiger partial charge in [-0.05, 0) is 108 Å². The van der Waals surface area contributed by atoms with Crippen LogP contribution in [0.25, 0.3) is 117 Å². The number of aromatic nitrogens is 1. The van der Waals surface area contributed by atoms with Crippen LogP contribution in [0.3, 0.4) is 0 Å². The highest BCUT2D eigenvalue weighted by Crippen LogP contribution is 2.46. The van der Waals surface area contributed by atoms with Crippen molar-refractivity contribution in [2.75, 3.05) is 0 Å². The van der Waals surface area contributed by atoms with E-state index in [1.54, 1.807) is 11.3 Å². The fourth-order valence-corrected chi connectivity index (χ4v) is 14.1. The minimum atomic E-state index is 0.230. The molecule has 5 nitrogen and oxygen atoms in total. The highest BCUT2D eigenvalue weighted by molar-refractivity contribution is 7.26. The number of thiophene rings is 3. The summed E-state index contributed by atoms with van der Waals surface area (Å²) >= 11 is 5.48. The predicted molar refractivity (Wildman–Crippen MR) is 331 cm³/mol. The van der Waals surface area contributed by atoms with Crippen molar-refractivity contribution in [3.8, 4) is 16.8 Å². The summed E-state index contributed by atoms with van der Waals surface area (Å²) in [6.45, 7) is 12.3. The van der Waals surface area contributed by atoms with Gasteiger partial charge in [-0.3, -0.25) is 10.4 Å². The van der Waals surface area contributed by atoms with Crippen LogP contribution in [0.15, 0.2) is 202 Å². The first-order chi connectivity index (χ1) is 36.9. The Morgan fingerprint density at radius 1 is 0.600 bits per heavy atom. The van der Waals surface area contributed by atoms with E-state index >= 15 is 0 Å². The topological polar surface area (TPSA) is 66.6 Å². The molecule has 364 valence electrons. The lowest BCUT2D eigenvalue weighted by Crippen LogP contribution is -1.94. The van der Waals surface area contributed by atoms with Gasteiger partial charge in [-0.15, -0.1) is 34.0 Å². The van der Waals surface area contributed by atoms with Gasteiger partial charge in [0, 0.05) is 84.1 Å². The van der Waals surface area contributed by atoms with Crippen LogP contribution in [0.5, 0.6) is 0 Å². The van der Waals surface area contributed by atoms with Crippen molar-refractivity contribution in [3.63, 3.8) is 0 Å². The number of aryl methyl sites for hydroxylation is 1. The van der Waals surface area contributed by atoms with Crippen molar-refractivity contribution in [3.05, 3.63) is 215 Å². The number of para-hydroxylation sites is 2. The first-order valence-corrected chi connectivity index (χ1v) is 27.9. The van der Waals surface area contributed by atoms with Gasteiger partial charge in [0.25, 0.3) is 0 Å². The molecular formula is C67H52N4OS3. The number of nitrogens with one attached hydrogen (secondary N) is 1. The molecule has 0 bridgehead atoms. The molecule has 0 saturated heterocycles. The van der Waals surface area contributed by atoms with Crippen molar-refractivity contribution in [1.29, 1.82) is 5.41 Å². The number of furan rings is 1. The molecule has 0 unspecified atom stereocenters. The summed E-state index contributed by atoms with van der Waals surface area (Å²) in [5, 5.41) is 18.9. The van der Waals surface area contributed by atoms with Crippen molar-refractivity contribution >= 4 is 153 Å². The third-order valence-corrected chi connectivity index (χ3v) is 17.4. The lowest BCUT2D eigenvalue weighted by Gasteiger charge is -2.13. The standard InChI is InChI=1S/C50H30N2OS2.C15H16N2S.C2H6/c1-5-15-40-34(11-1)35-12-2-6-16-41(35)52(40)42-24-23-33(49-38-14-4-8-19-46(38)55-50(42)49)31-21-25-43-39(27-31)48-32(10-9-17-44(48)53-43)29-51-28-30-20-22-37-36-13-3-7-18-45(36)54-47(37)26-30;1-4-5-6-12-10(2)18-14-9-11(15(16)17-3)7-8-13(12)14;1-2/h1-27,29H,28H2;5-9,16H,3-4H2,1-2H3;1-2H3/b;6-5-,16-15?;. The molecule has 0 spiro atoms. The average Bonchev–Trinajstić information content (AvgIpc) is 4.33. The number of rotatable bonds is 8. The van der Waals surface area contributed by atoms with Crippen LogP contribution in [0, 0.1) is 12.3 Å². The smallest absolute Gasteiger partial charge is 0.151 e. The van der Waals surface area contributed by atoms with Crippen LogP contribution in [0.2, 0.25) is 0 Å². The van der Waals surface area contributed by atoms with Crippen LogP contribution in [-0.2, 0) is 6.54 Å². The molecule has 5 aromatic heterocycles. The summed E-state index contributed by atoms with van der Waals surface area (Å²) in [6.07, 6.45) is 7.42. The summed E-state index contributed by atoms with van der Waals surface area (Å²) in [5.74, 6) is 0.230. The first kappa shape index (κ1) is 47.7. The largest absolute Gasteiger partial charge is 0.456 e. The Labute approximate surface area is 447 Å². The molecule has 14 rings (SSSR count). The van der Waals surface area contributed by atoms with Crippen LogP contribution in [0.1, 0.15) is 54.3 Å². The summed E-state index contributed by atoms with van der Waals surface area (Å²) in [6, 6.07) is 65.3. The normalized spacial score (nSPS) is 11.8. The van der Waals surface area contributed by atoms with Gasteiger partial charge in [0.2, 0.25) is 0 Å². The zero-order valence-corrected chi connectivity index (χ0v) is 44.6. The zero-order chi connectivity index (χ0) is 51.2. The molecule has 0 aliphatic carbocycles. The second-order valence-corrected chi connectivity index (χ2v) is 21.7. The van der Waals surface area contributed by atoms with Gasteiger partial charge in [0.05, 0.1) is 28.0 Å². The van der Waals surface area contributed by atoms with Crippen LogP contribution >= 0.6 is 34.0 Å². The van der Waals surface area contributed by atoms with Gasteiger partial charge in [-0.25, -0.2) is 4.99 Å². The number of hydrogen-bond acceptors (Lipinski definition) is 6. The predicted octanol–water partition coefficient (Wildman–Crippen LogP) is 20.4. The third kappa shape index (κ3) is 8.45. The van der Waals surface area contributed by atoms with Crippen molar-refractivity contribution < 1.29 is 4.42 Å². The SMILES string of the molecule is C(=NCc1ccc2c(c1)sc1ccccc12)c1cccc2oc3ccc(-c4ccc(-n5c6ccccc6c6ccccc65)c5sc6ccccc6c45)cc3c12.C=NC(=N)c1ccc2c(/C=C\CC)c(C)sc2c1.CC. The maximum absolute atomic E-state index is 7.69. The molecule has 0 atom stereocenters. The van der Waals surface area contributed by atoms with Gasteiger partial charge >= 0.3 is 0 Å². The lowest BCUT2D eigenvalue weighted by atomic mass is 9.96. The maximum atomic E-state index is 7.69. The molecule has 0 amide bonds. The molecule has 14 aromatic rings. The van der Waals surface area contributed by atoms with E-state index in [0.29, 0.717) is 6.54 Å². The Balaban J connectivity index is 0.000000241. The number of allylic oxidation sites excluding steroid dienone is 1. The van der Waals surface area contributed by atoms with Gasteiger partial charge < -0.3 is 8.98 Å². The molecule has 1 N–H and O–H groups in total. The molecule has 0 radical (unpaired) electrons. The number of nitrogens with zero attached hydrogens (tertiary/aromatic N) is 3. The Bertz CT molecular complexity index is 4540. The minimum Gasteiger partial charge on any atom is -0.456 e. The molecule has 0 fully saturated rings. The van der Waals surface area contributed by atoms with Gasteiger partial charge in [0.1, 0.15) is 11.2 Å². The minimum absolute atomic E-state index is 0.230. The van der Waals surface area contributed by atoms with Crippen molar-refractivity contribution in [2.45, 2.75) is 40.7 Å². The number of hydrogen-bond donors (Lipinski definition) is 1. The van der Waals surface area contributed by atoms with Gasteiger partial charge in [-0.1, -0.05) is 154 Å². The fraction of sp³-hybridized carbons (Fsp3) is 0.0896. The second kappa shape index (κ2) is 20.2. The molecule has 75 heavy (non-hydrogen) atoms. The molecule has 0 saturated carbocycles. The quantitative estimate of drug-likeness (QED) is 0.120. The Morgan fingerprint density at radius 3 is 2.04 bits per heavy atom. The summed E-state index contributed by atoms with van der Waals surface area (Å²) < 4.78 is 15.3. The Morgan fingerprint density at radius 2 is 1.28 bits per heavy atom. The number of fused-ring (bicyclic) bond motifs is 13. The van der Waals surface area contributed by atoms with E-state index in [0.717, 1.165) is 39.5 Å². The highest BCUT2D eigenvalue weighted by atomic mass is 32.1. The summed E-state index contributed by atoms with van der Waals surface area (Å²) in [4.78, 5) is 9.95. The number of amidine groups is 1. The fourth-order valence-electron chi connectivity index (χ4n) is 10.6. The Kier molecular flexibility index (Phi) is 12.9. The van der Waals surface area contributed by atoms with Crippen LogP contribution in [-0.4, -0.2) is 23.3 Å². The van der Waals surface area contributed by atoms with Crippen molar-refractivity contribution in [1.82, 2.24) is 4.57 Å². The van der Waals surface area contributed by atoms with E-state index < -0.39 is 0 Å². The van der Waals surface area contributed by atoms with Gasteiger partial charge in [0.15, 0.2) is 5.84 Å². The second-order valence-electron chi connectivity index (χ2n) is 18.3.